The van der Waals surface area contributed by atoms with Crippen LogP contribution >= 0.6 is 9.24 Å². The summed E-state index contributed by atoms with van der Waals surface area (Å²) in [6.45, 7) is 4.42. The third-order valence-corrected chi connectivity index (χ3v) is 2.90. The van der Waals surface area contributed by atoms with Crippen molar-refractivity contribution in [2.24, 2.45) is 0 Å². The van der Waals surface area contributed by atoms with Crippen LogP contribution in [-0.2, 0) is 0 Å². The van der Waals surface area contributed by atoms with Gasteiger partial charge in [0.05, 0.1) is 0 Å². The molecule has 0 nitrogen and oxygen atoms in total. The van der Waals surface area contributed by atoms with E-state index in [-0.39, 0.29) is 0 Å². The lowest BCUT2D eigenvalue weighted by Gasteiger charge is -2.08. The third-order valence-electron chi connectivity index (χ3n) is 2.41. The maximum atomic E-state index is 2.80. The summed E-state index contributed by atoms with van der Waals surface area (Å²) in [5.41, 5.74) is 4.30. The van der Waals surface area contributed by atoms with E-state index in [4.69, 9.17) is 0 Å². The van der Waals surface area contributed by atoms with E-state index in [9.17, 15) is 0 Å². The Hall–Kier alpha value is -0.610. The largest absolute Gasteiger partial charge is 0.133 e. The first kappa shape index (κ1) is 10.5. The lowest BCUT2D eigenvalue weighted by atomic mass is 10.0. The zero-order chi connectivity index (χ0) is 9.68. The SMILES string of the molecule is CCC(CP)=C(C)c1ccccc1. The van der Waals surface area contributed by atoms with E-state index in [2.05, 4.69) is 53.4 Å². The van der Waals surface area contributed by atoms with E-state index >= 15 is 0 Å². The highest BCUT2D eigenvalue weighted by Gasteiger charge is 1.99. The first-order chi connectivity index (χ1) is 6.29. The molecular formula is C12H17P. The van der Waals surface area contributed by atoms with Crippen molar-refractivity contribution >= 4 is 14.8 Å². The van der Waals surface area contributed by atoms with E-state index in [1.165, 1.54) is 16.7 Å². The van der Waals surface area contributed by atoms with Crippen molar-refractivity contribution in [2.45, 2.75) is 20.3 Å². The molecule has 0 aromatic heterocycles. The smallest absolute Gasteiger partial charge is 0.0164 e. The van der Waals surface area contributed by atoms with Crippen LogP contribution in [0.4, 0.5) is 0 Å². The molecule has 0 heterocycles. The van der Waals surface area contributed by atoms with Crippen molar-refractivity contribution in [3.63, 3.8) is 0 Å². The van der Waals surface area contributed by atoms with E-state index in [1.807, 2.05) is 0 Å². The summed E-state index contributed by atoms with van der Waals surface area (Å²) in [5.74, 6) is 0. The molecule has 70 valence electrons. The molecule has 13 heavy (non-hydrogen) atoms. The molecule has 0 spiro atoms. The van der Waals surface area contributed by atoms with Gasteiger partial charge in [-0.15, -0.1) is 9.24 Å². The highest BCUT2D eigenvalue weighted by Crippen LogP contribution is 2.21. The predicted octanol–water partition coefficient (Wildman–Crippen LogP) is 3.75. The van der Waals surface area contributed by atoms with Crippen LogP contribution in [-0.4, -0.2) is 6.16 Å². The van der Waals surface area contributed by atoms with Gasteiger partial charge in [0.25, 0.3) is 0 Å². The summed E-state index contributed by atoms with van der Waals surface area (Å²) >= 11 is 0. The molecule has 1 aromatic rings. The minimum absolute atomic E-state index is 1.08. The second-order valence-electron chi connectivity index (χ2n) is 3.15. The molecule has 0 aliphatic rings. The van der Waals surface area contributed by atoms with Crippen molar-refractivity contribution in [1.82, 2.24) is 0 Å². The molecule has 0 saturated heterocycles. The van der Waals surface area contributed by atoms with Crippen molar-refractivity contribution in [3.8, 4) is 0 Å². The van der Waals surface area contributed by atoms with Gasteiger partial charge in [-0.25, -0.2) is 0 Å². The average Bonchev–Trinajstić information content (AvgIpc) is 2.21. The second kappa shape index (κ2) is 5.19. The number of hydrogen-bond donors (Lipinski definition) is 0. The van der Waals surface area contributed by atoms with Crippen molar-refractivity contribution in [3.05, 3.63) is 41.5 Å². The molecule has 1 aromatic carbocycles. The third kappa shape index (κ3) is 2.67. The van der Waals surface area contributed by atoms with Gasteiger partial charge in [0.15, 0.2) is 0 Å². The molecule has 0 radical (unpaired) electrons. The Labute approximate surface area is 83.3 Å². The van der Waals surface area contributed by atoms with Crippen LogP contribution in [0.5, 0.6) is 0 Å². The van der Waals surface area contributed by atoms with Crippen LogP contribution in [0.2, 0.25) is 0 Å². The molecule has 1 unspecified atom stereocenters. The lowest BCUT2D eigenvalue weighted by Crippen LogP contribution is -1.88. The summed E-state index contributed by atoms with van der Waals surface area (Å²) in [7, 11) is 2.80. The Morgan fingerprint density at radius 3 is 2.31 bits per heavy atom. The zero-order valence-electron chi connectivity index (χ0n) is 8.38. The van der Waals surface area contributed by atoms with E-state index in [0.717, 1.165) is 12.6 Å². The van der Waals surface area contributed by atoms with Gasteiger partial charge in [0, 0.05) is 0 Å². The highest BCUT2D eigenvalue weighted by atomic mass is 31.0. The minimum Gasteiger partial charge on any atom is -0.133 e. The minimum atomic E-state index is 1.08. The predicted molar refractivity (Wildman–Crippen MR) is 63.9 cm³/mol. The summed E-state index contributed by atoms with van der Waals surface area (Å²) < 4.78 is 0. The molecule has 0 aliphatic heterocycles. The Balaban J connectivity index is 3.01. The van der Waals surface area contributed by atoms with Gasteiger partial charge in [0.2, 0.25) is 0 Å². The van der Waals surface area contributed by atoms with E-state index in [1.54, 1.807) is 0 Å². The van der Waals surface area contributed by atoms with Crippen LogP contribution in [0.15, 0.2) is 35.9 Å². The Bertz CT molecular complexity index is 279. The molecular weight excluding hydrogens is 175 g/mol. The first-order valence-electron chi connectivity index (χ1n) is 4.73. The number of hydrogen-bond acceptors (Lipinski definition) is 0. The van der Waals surface area contributed by atoms with Gasteiger partial charge in [-0.05, 0) is 30.6 Å². The molecule has 0 aliphatic carbocycles. The molecule has 0 amide bonds. The summed E-state index contributed by atoms with van der Waals surface area (Å²) in [6.07, 6.45) is 2.22. The zero-order valence-corrected chi connectivity index (χ0v) is 9.53. The first-order valence-corrected chi connectivity index (χ1v) is 5.55. The topological polar surface area (TPSA) is 0 Å². The number of rotatable bonds is 3. The molecule has 0 N–H and O–H groups in total. The fraction of sp³-hybridized carbons (Fsp3) is 0.333. The quantitative estimate of drug-likeness (QED) is 0.640. The molecule has 0 fully saturated rings. The fourth-order valence-electron chi connectivity index (χ4n) is 1.45. The lowest BCUT2D eigenvalue weighted by molar-refractivity contribution is 1.11. The average molecular weight is 192 g/mol. The van der Waals surface area contributed by atoms with Gasteiger partial charge < -0.3 is 0 Å². The van der Waals surface area contributed by atoms with Crippen molar-refractivity contribution < 1.29 is 0 Å². The van der Waals surface area contributed by atoms with Crippen LogP contribution in [0.1, 0.15) is 25.8 Å². The van der Waals surface area contributed by atoms with Gasteiger partial charge in [-0.3, -0.25) is 0 Å². The maximum absolute atomic E-state index is 2.80. The van der Waals surface area contributed by atoms with Crippen molar-refractivity contribution in [1.29, 1.82) is 0 Å². The van der Waals surface area contributed by atoms with Crippen LogP contribution in [0.3, 0.4) is 0 Å². The van der Waals surface area contributed by atoms with Crippen LogP contribution < -0.4 is 0 Å². The number of allylic oxidation sites excluding steroid dienone is 2. The Morgan fingerprint density at radius 1 is 1.23 bits per heavy atom. The summed E-state index contributed by atoms with van der Waals surface area (Å²) in [4.78, 5) is 0. The normalized spacial score (nSPS) is 12.5. The standard InChI is InChI=1S/C12H17P/c1-3-11(9-13)10(2)12-7-5-4-6-8-12/h4-8H,3,9,13H2,1-2H3. The molecule has 0 saturated carbocycles. The Morgan fingerprint density at radius 2 is 1.85 bits per heavy atom. The Kier molecular flexibility index (Phi) is 4.18. The fourth-order valence-corrected chi connectivity index (χ4v) is 2.05. The molecule has 1 atom stereocenters. The van der Waals surface area contributed by atoms with Gasteiger partial charge in [-0.1, -0.05) is 42.8 Å². The molecule has 1 heteroatoms. The van der Waals surface area contributed by atoms with E-state index < -0.39 is 0 Å². The van der Waals surface area contributed by atoms with Gasteiger partial charge >= 0.3 is 0 Å². The molecule has 1 rings (SSSR count). The summed E-state index contributed by atoms with van der Waals surface area (Å²) in [5, 5.41) is 0. The number of benzene rings is 1. The maximum Gasteiger partial charge on any atom is -0.0164 e. The van der Waals surface area contributed by atoms with Gasteiger partial charge in [-0.2, -0.15) is 0 Å². The van der Waals surface area contributed by atoms with Crippen LogP contribution in [0.25, 0.3) is 5.57 Å². The van der Waals surface area contributed by atoms with Crippen molar-refractivity contribution in [2.75, 3.05) is 6.16 Å². The van der Waals surface area contributed by atoms with Gasteiger partial charge in [0.1, 0.15) is 0 Å². The summed E-state index contributed by atoms with van der Waals surface area (Å²) in [6, 6.07) is 10.6. The monoisotopic (exact) mass is 192 g/mol. The van der Waals surface area contributed by atoms with E-state index in [0.29, 0.717) is 0 Å². The highest BCUT2D eigenvalue weighted by molar-refractivity contribution is 7.16. The molecule has 0 bridgehead atoms. The van der Waals surface area contributed by atoms with Crippen LogP contribution in [0, 0.1) is 0 Å². The second-order valence-corrected chi connectivity index (χ2v) is 3.56.